The summed E-state index contributed by atoms with van der Waals surface area (Å²) in [5.41, 5.74) is 7.94. The molecule has 3 N–H and O–H groups in total. The van der Waals surface area contributed by atoms with E-state index in [9.17, 15) is 10.1 Å². The summed E-state index contributed by atoms with van der Waals surface area (Å²) in [5, 5.41) is 12.4. The number of fused-ring (bicyclic) bond motifs is 5. The first kappa shape index (κ1) is 17.5. The Kier molecular flexibility index (Phi) is 3.93. The Balaban J connectivity index is 1.88. The standard InChI is InChI=1S/C23H14BrN3O2/c24-14-8-5-13(6-9-14)18-17(11-25)22(26)29-21-16-10-7-12-3-1-2-4-15(12)20(16)27-23(28)19(18)21/h1-10,18H,26H2,(H,27,28). The molecule has 6 heteroatoms. The average molecular weight is 444 g/mol. The normalized spacial score (nSPS) is 15.8. The molecule has 1 aliphatic rings. The predicted molar refractivity (Wildman–Crippen MR) is 116 cm³/mol. The number of hydrogen-bond acceptors (Lipinski definition) is 4. The second-order valence-electron chi connectivity index (χ2n) is 6.88. The van der Waals surface area contributed by atoms with Crippen LogP contribution in [0.2, 0.25) is 0 Å². The van der Waals surface area contributed by atoms with E-state index >= 15 is 0 Å². The highest BCUT2D eigenvalue weighted by atomic mass is 79.9. The van der Waals surface area contributed by atoms with Gasteiger partial charge in [-0.3, -0.25) is 4.79 Å². The molecule has 0 saturated carbocycles. The van der Waals surface area contributed by atoms with E-state index in [1.165, 1.54) is 0 Å². The lowest BCUT2D eigenvalue weighted by Crippen LogP contribution is -2.27. The van der Waals surface area contributed by atoms with Crippen molar-refractivity contribution in [2.75, 3.05) is 0 Å². The Morgan fingerprint density at radius 2 is 1.79 bits per heavy atom. The van der Waals surface area contributed by atoms with Gasteiger partial charge in [0, 0.05) is 15.2 Å². The first-order valence-corrected chi connectivity index (χ1v) is 9.78. The quantitative estimate of drug-likeness (QED) is 0.418. The van der Waals surface area contributed by atoms with Crippen LogP contribution in [-0.2, 0) is 0 Å². The zero-order valence-corrected chi connectivity index (χ0v) is 16.7. The SMILES string of the molecule is N#CC1=C(N)Oc2c(c(=O)[nH]c3c2ccc2ccccc23)C1c1ccc(Br)cc1. The number of H-pyrrole nitrogens is 1. The third kappa shape index (κ3) is 2.63. The number of hydrogen-bond donors (Lipinski definition) is 2. The van der Waals surface area contributed by atoms with Gasteiger partial charge in [0.1, 0.15) is 17.4 Å². The number of halogens is 1. The molecule has 1 aromatic heterocycles. The van der Waals surface area contributed by atoms with E-state index in [1.54, 1.807) is 0 Å². The molecule has 5 rings (SSSR count). The minimum Gasteiger partial charge on any atom is -0.439 e. The maximum absolute atomic E-state index is 13.2. The van der Waals surface area contributed by atoms with Crippen molar-refractivity contribution in [1.29, 1.82) is 5.26 Å². The number of aromatic amines is 1. The van der Waals surface area contributed by atoms with Crippen LogP contribution in [-0.4, -0.2) is 4.98 Å². The topological polar surface area (TPSA) is 91.9 Å². The molecule has 0 spiro atoms. The number of nitrogens with two attached hydrogens (primary N) is 1. The Morgan fingerprint density at radius 3 is 2.55 bits per heavy atom. The lowest BCUT2D eigenvalue weighted by atomic mass is 9.83. The molecule has 0 radical (unpaired) electrons. The molecule has 140 valence electrons. The number of rotatable bonds is 1. The first-order chi connectivity index (χ1) is 14.1. The van der Waals surface area contributed by atoms with Crippen LogP contribution in [0.15, 0.2) is 81.4 Å². The Morgan fingerprint density at radius 1 is 1.03 bits per heavy atom. The van der Waals surface area contributed by atoms with Gasteiger partial charge in [0.15, 0.2) is 0 Å². The van der Waals surface area contributed by atoms with Crippen LogP contribution in [0.4, 0.5) is 0 Å². The number of benzene rings is 3. The molecule has 1 unspecified atom stereocenters. The van der Waals surface area contributed by atoms with E-state index < -0.39 is 5.92 Å². The number of ether oxygens (including phenoxy) is 1. The smallest absolute Gasteiger partial charge is 0.256 e. The van der Waals surface area contributed by atoms with Gasteiger partial charge in [0.05, 0.1) is 17.0 Å². The predicted octanol–water partition coefficient (Wildman–Crippen LogP) is 4.66. The molecule has 29 heavy (non-hydrogen) atoms. The molecule has 0 aliphatic carbocycles. The zero-order chi connectivity index (χ0) is 20.1. The van der Waals surface area contributed by atoms with E-state index in [-0.39, 0.29) is 17.0 Å². The van der Waals surface area contributed by atoms with E-state index in [4.69, 9.17) is 10.5 Å². The van der Waals surface area contributed by atoms with Gasteiger partial charge >= 0.3 is 0 Å². The van der Waals surface area contributed by atoms with E-state index in [1.807, 2.05) is 60.7 Å². The summed E-state index contributed by atoms with van der Waals surface area (Å²) in [5.74, 6) is -0.177. The minimum absolute atomic E-state index is 0.0213. The maximum Gasteiger partial charge on any atom is 0.256 e. The molecule has 0 bridgehead atoms. The van der Waals surface area contributed by atoms with Crippen molar-refractivity contribution < 1.29 is 4.74 Å². The van der Waals surface area contributed by atoms with Gasteiger partial charge in [-0.1, -0.05) is 58.4 Å². The highest BCUT2D eigenvalue weighted by molar-refractivity contribution is 9.10. The van der Waals surface area contributed by atoms with E-state index in [0.29, 0.717) is 16.8 Å². The summed E-state index contributed by atoms with van der Waals surface area (Å²) in [6.07, 6.45) is 0. The van der Waals surface area contributed by atoms with Crippen LogP contribution < -0.4 is 16.0 Å². The van der Waals surface area contributed by atoms with Gasteiger partial charge in [-0.05, 0) is 29.1 Å². The molecular formula is C23H14BrN3O2. The van der Waals surface area contributed by atoms with Crippen molar-refractivity contribution in [2.45, 2.75) is 5.92 Å². The summed E-state index contributed by atoms with van der Waals surface area (Å²) in [4.78, 5) is 16.2. The fraction of sp³-hybridized carbons (Fsp3) is 0.0435. The molecule has 4 aromatic rings. The third-order valence-electron chi connectivity index (χ3n) is 5.28. The number of aromatic nitrogens is 1. The van der Waals surface area contributed by atoms with Gasteiger partial charge in [-0.15, -0.1) is 0 Å². The van der Waals surface area contributed by atoms with Gasteiger partial charge in [-0.2, -0.15) is 5.26 Å². The first-order valence-electron chi connectivity index (χ1n) is 8.99. The fourth-order valence-corrected chi connectivity index (χ4v) is 4.22. The summed E-state index contributed by atoms with van der Waals surface area (Å²) >= 11 is 3.42. The van der Waals surface area contributed by atoms with Gasteiger partial charge < -0.3 is 15.5 Å². The zero-order valence-electron chi connectivity index (χ0n) is 15.1. The van der Waals surface area contributed by atoms with Crippen LogP contribution >= 0.6 is 15.9 Å². The van der Waals surface area contributed by atoms with Crippen LogP contribution in [0.5, 0.6) is 5.75 Å². The van der Waals surface area contributed by atoms with E-state index in [2.05, 4.69) is 27.0 Å². The number of nitriles is 1. The molecule has 0 fully saturated rings. The van der Waals surface area contributed by atoms with Crippen molar-refractivity contribution in [3.05, 3.63) is 98.1 Å². The van der Waals surface area contributed by atoms with Crippen molar-refractivity contribution >= 4 is 37.6 Å². The molecule has 2 heterocycles. The Hall–Kier alpha value is -3.56. The summed E-state index contributed by atoms with van der Waals surface area (Å²) in [6.45, 7) is 0. The van der Waals surface area contributed by atoms with Crippen LogP contribution in [0.25, 0.3) is 21.7 Å². The minimum atomic E-state index is -0.600. The Labute approximate surface area is 174 Å². The second-order valence-corrected chi connectivity index (χ2v) is 7.80. The Bertz CT molecular complexity index is 1430. The van der Waals surface area contributed by atoms with E-state index in [0.717, 1.165) is 26.2 Å². The van der Waals surface area contributed by atoms with Crippen LogP contribution in [0.3, 0.4) is 0 Å². The average Bonchev–Trinajstić information content (AvgIpc) is 2.73. The summed E-state index contributed by atoms with van der Waals surface area (Å²) in [6, 6.07) is 21.3. The number of nitrogens with zero attached hydrogens (tertiary/aromatic N) is 1. The molecule has 0 saturated heterocycles. The van der Waals surface area contributed by atoms with Crippen molar-refractivity contribution in [1.82, 2.24) is 4.98 Å². The third-order valence-corrected chi connectivity index (χ3v) is 5.81. The largest absolute Gasteiger partial charge is 0.439 e. The van der Waals surface area contributed by atoms with Gasteiger partial charge in [0.2, 0.25) is 5.88 Å². The van der Waals surface area contributed by atoms with Crippen LogP contribution in [0, 0.1) is 11.3 Å². The molecular weight excluding hydrogens is 430 g/mol. The number of pyridine rings is 1. The van der Waals surface area contributed by atoms with Crippen molar-refractivity contribution in [3.63, 3.8) is 0 Å². The number of nitrogens with one attached hydrogen (secondary N) is 1. The lowest BCUT2D eigenvalue weighted by Gasteiger charge is -2.26. The van der Waals surface area contributed by atoms with Gasteiger partial charge in [-0.25, -0.2) is 0 Å². The lowest BCUT2D eigenvalue weighted by molar-refractivity contribution is 0.397. The van der Waals surface area contributed by atoms with Crippen LogP contribution in [0.1, 0.15) is 17.0 Å². The molecule has 0 amide bonds. The van der Waals surface area contributed by atoms with Crippen molar-refractivity contribution in [3.8, 4) is 11.8 Å². The summed E-state index contributed by atoms with van der Waals surface area (Å²) < 4.78 is 6.76. The van der Waals surface area contributed by atoms with Crippen molar-refractivity contribution in [2.24, 2.45) is 5.73 Å². The molecule has 1 atom stereocenters. The number of allylic oxidation sites excluding steroid dienone is 1. The molecule has 5 nitrogen and oxygen atoms in total. The van der Waals surface area contributed by atoms with Gasteiger partial charge in [0.25, 0.3) is 5.56 Å². The fourth-order valence-electron chi connectivity index (χ4n) is 3.96. The molecule has 3 aromatic carbocycles. The highest BCUT2D eigenvalue weighted by Gasteiger charge is 2.34. The summed E-state index contributed by atoms with van der Waals surface area (Å²) in [7, 11) is 0. The second kappa shape index (κ2) is 6.50. The molecule has 1 aliphatic heterocycles. The highest BCUT2D eigenvalue weighted by Crippen LogP contribution is 2.44. The maximum atomic E-state index is 13.2. The monoisotopic (exact) mass is 443 g/mol.